The van der Waals surface area contributed by atoms with E-state index >= 15 is 0 Å². The lowest BCUT2D eigenvalue weighted by atomic mass is 10.1. The van der Waals surface area contributed by atoms with Crippen LogP contribution in [0.4, 0.5) is 0 Å². The first-order valence-corrected chi connectivity index (χ1v) is 9.00. The van der Waals surface area contributed by atoms with Gasteiger partial charge in [0.05, 0.1) is 0 Å². The molecule has 0 aliphatic heterocycles. The third kappa shape index (κ3) is 3.66. The van der Waals surface area contributed by atoms with Gasteiger partial charge in [-0.3, -0.25) is 0 Å². The molecule has 0 unspecified atom stereocenters. The number of thiophene rings is 1. The Bertz CT molecular complexity index is 621. The van der Waals surface area contributed by atoms with Gasteiger partial charge in [-0.25, -0.2) is 13.1 Å². The molecule has 0 aliphatic carbocycles. The topological polar surface area (TPSA) is 46.2 Å². The molecule has 0 spiro atoms. The molecule has 1 N–H and O–H groups in total. The molecule has 3 nitrogen and oxygen atoms in total. The standard InChI is InChI=1S/C13H14BrNO2S2/c1-2-12(10-5-7-11(14)8-6-10)15-19(16,17)13-4-3-9-18-13/h3-9,12,15H,2H2,1H3/t12-/m0/s1. The fraction of sp³-hybridized carbons (Fsp3) is 0.231. The third-order valence-electron chi connectivity index (χ3n) is 2.74. The lowest BCUT2D eigenvalue weighted by Crippen LogP contribution is -2.27. The molecule has 1 aromatic heterocycles. The lowest BCUT2D eigenvalue weighted by Gasteiger charge is -2.17. The maximum absolute atomic E-state index is 12.2. The molecule has 0 saturated carbocycles. The van der Waals surface area contributed by atoms with Crippen LogP contribution in [-0.4, -0.2) is 8.42 Å². The summed E-state index contributed by atoms with van der Waals surface area (Å²) < 4.78 is 28.5. The summed E-state index contributed by atoms with van der Waals surface area (Å²) in [5.41, 5.74) is 0.964. The van der Waals surface area contributed by atoms with Gasteiger partial charge in [0.1, 0.15) is 4.21 Å². The van der Waals surface area contributed by atoms with E-state index in [1.54, 1.807) is 17.5 Å². The van der Waals surface area contributed by atoms with Gasteiger partial charge in [-0.15, -0.1) is 11.3 Å². The van der Waals surface area contributed by atoms with Crippen LogP contribution < -0.4 is 4.72 Å². The number of rotatable bonds is 5. The van der Waals surface area contributed by atoms with Crippen LogP contribution in [0.25, 0.3) is 0 Å². The molecule has 19 heavy (non-hydrogen) atoms. The van der Waals surface area contributed by atoms with Crippen molar-refractivity contribution >= 4 is 37.3 Å². The van der Waals surface area contributed by atoms with Crippen LogP contribution in [0.1, 0.15) is 24.9 Å². The average molecular weight is 360 g/mol. The van der Waals surface area contributed by atoms with Crippen molar-refractivity contribution in [3.63, 3.8) is 0 Å². The zero-order chi connectivity index (χ0) is 13.9. The number of hydrogen-bond acceptors (Lipinski definition) is 3. The van der Waals surface area contributed by atoms with E-state index < -0.39 is 10.0 Å². The number of benzene rings is 1. The molecule has 2 aromatic rings. The smallest absolute Gasteiger partial charge is 0.206 e. The van der Waals surface area contributed by atoms with Crippen LogP contribution in [0.5, 0.6) is 0 Å². The minimum absolute atomic E-state index is 0.208. The second-order valence-corrected chi connectivity index (χ2v) is 7.87. The van der Waals surface area contributed by atoms with E-state index in [1.165, 1.54) is 11.3 Å². The molecule has 1 heterocycles. The van der Waals surface area contributed by atoms with E-state index in [2.05, 4.69) is 20.7 Å². The van der Waals surface area contributed by atoms with Crippen molar-refractivity contribution in [2.45, 2.75) is 23.6 Å². The van der Waals surface area contributed by atoms with E-state index in [0.29, 0.717) is 10.6 Å². The molecule has 0 radical (unpaired) electrons. The summed E-state index contributed by atoms with van der Waals surface area (Å²) in [6.07, 6.45) is 0.701. The highest BCUT2D eigenvalue weighted by Gasteiger charge is 2.20. The van der Waals surface area contributed by atoms with Crippen LogP contribution in [0, 0.1) is 0 Å². The highest BCUT2D eigenvalue weighted by atomic mass is 79.9. The molecule has 0 saturated heterocycles. The van der Waals surface area contributed by atoms with Gasteiger partial charge in [0, 0.05) is 10.5 Å². The van der Waals surface area contributed by atoms with E-state index in [1.807, 2.05) is 31.2 Å². The molecule has 0 amide bonds. The molecule has 1 aromatic carbocycles. The Morgan fingerprint density at radius 3 is 2.47 bits per heavy atom. The van der Waals surface area contributed by atoms with Crippen molar-refractivity contribution in [2.24, 2.45) is 0 Å². The van der Waals surface area contributed by atoms with Gasteiger partial charge in [-0.1, -0.05) is 41.1 Å². The fourth-order valence-electron chi connectivity index (χ4n) is 1.74. The monoisotopic (exact) mass is 359 g/mol. The maximum atomic E-state index is 12.2. The minimum atomic E-state index is -3.43. The maximum Gasteiger partial charge on any atom is 0.250 e. The Morgan fingerprint density at radius 1 is 1.26 bits per heavy atom. The zero-order valence-corrected chi connectivity index (χ0v) is 13.6. The van der Waals surface area contributed by atoms with Crippen molar-refractivity contribution in [3.05, 3.63) is 51.8 Å². The molecule has 1 atom stereocenters. The Hall–Kier alpha value is -0.690. The number of hydrogen-bond donors (Lipinski definition) is 1. The predicted octanol–water partition coefficient (Wildman–Crippen LogP) is 3.94. The minimum Gasteiger partial charge on any atom is -0.206 e. The Labute approximate surface area is 125 Å². The van der Waals surface area contributed by atoms with Crippen molar-refractivity contribution < 1.29 is 8.42 Å². The van der Waals surface area contributed by atoms with Crippen molar-refractivity contribution in [2.75, 3.05) is 0 Å². The summed E-state index contributed by atoms with van der Waals surface area (Å²) in [6.45, 7) is 1.96. The van der Waals surface area contributed by atoms with Gasteiger partial charge in [0.25, 0.3) is 10.0 Å². The summed E-state index contributed by atoms with van der Waals surface area (Å²) in [4.78, 5) is 0. The fourth-order valence-corrected chi connectivity index (χ4v) is 4.33. The predicted molar refractivity (Wildman–Crippen MR) is 81.8 cm³/mol. The molecule has 0 fully saturated rings. The Morgan fingerprint density at radius 2 is 1.95 bits per heavy atom. The van der Waals surface area contributed by atoms with Crippen LogP contribution >= 0.6 is 27.3 Å². The van der Waals surface area contributed by atoms with Crippen LogP contribution in [0.3, 0.4) is 0 Å². The molecule has 0 bridgehead atoms. The van der Waals surface area contributed by atoms with E-state index in [9.17, 15) is 8.42 Å². The zero-order valence-electron chi connectivity index (χ0n) is 10.3. The first-order valence-electron chi connectivity index (χ1n) is 5.84. The van der Waals surface area contributed by atoms with Gasteiger partial charge < -0.3 is 0 Å². The first-order chi connectivity index (χ1) is 9.03. The summed E-state index contributed by atoms with van der Waals surface area (Å²) in [5.74, 6) is 0. The van der Waals surface area contributed by atoms with Crippen LogP contribution in [-0.2, 0) is 10.0 Å². The largest absolute Gasteiger partial charge is 0.250 e. The first kappa shape index (κ1) is 14.7. The normalized spacial score (nSPS) is 13.4. The average Bonchev–Trinajstić information content (AvgIpc) is 2.92. The number of halogens is 1. The summed E-state index contributed by atoms with van der Waals surface area (Å²) in [6, 6.07) is 10.8. The molecule has 102 valence electrons. The molecule has 0 aliphatic rings. The van der Waals surface area contributed by atoms with Crippen molar-refractivity contribution in [1.29, 1.82) is 0 Å². The Balaban J connectivity index is 2.22. The van der Waals surface area contributed by atoms with Crippen molar-refractivity contribution in [1.82, 2.24) is 4.72 Å². The Kier molecular flexibility index (Phi) is 4.78. The number of nitrogens with one attached hydrogen (secondary N) is 1. The number of sulfonamides is 1. The summed E-state index contributed by atoms with van der Waals surface area (Å²) in [5, 5.41) is 1.76. The van der Waals surface area contributed by atoms with Crippen molar-refractivity contribution in [3.8, 4) is 0 Å². The van der Waals surface area contributed by atoms with Gasteiger partial charge >= 0.3 is 0 Å². The van der Waals surface area contributed by atoms with Gasteiger partial charge in [-0.05, 0) is 35.6 Å². The quantitative estimate of drug-likeness (QED) is 0.878. The highest BCUT2D eigenvalue weighted by Crippen LogP contribution is 2.23. The van der Waals surface area contributed by atoms with E-state index in [-0.39, 0.29) is 6.04 Å². The van der Waals surface area contributed by atoms with Crippen LogP contribution in [0.15, 0.2) is 50.5 Å². The van der Waals surface area contributed by atoms with Gasteiger partial charge in [-0.2, -0.15) is 0 Å². The van der Waals surface area contributed by atoms with Gasteiger partial charge in [0.2, 0.25) is 0 Å². The second-order valence-electron chi connectivity index (χ2n) is 4.07. The molecule has 2 rings (SSSR count). The lowest BCUT2D eigenvalue weighted by molar-refractivity contribution is 0.552. The molecular formula is C13H14BrNO2S2. The van der Waals surface area contributed by atoms with E-state index in [0.717, 1.165) is 10.0 Å². The van der Waals surface area contributed by atoms with Crippen LogP contribution in [0.2, 0.25) is 0 Å². The molecular weight excluding hydrogens is 346 g/mol. The SMILES string of the molecule is CC[C@H](NS(=O)(=O)c1cccs1)c1ccc(Br)cc1. The second kappa shape index (κ2) is 6.17. The van der Waals surface area contributed by atoms with E-state index in [4.69, 9.17) is 0 Å². The third-order valence-corrected chi connectivity index (χ3v) is 6.14. The highest BCUT2D eigenvalue weighted by molar-refractivity contribution is 9.10. The summed E-state index contributed by atoms with van der Waals surface area (Å²) >= 11 is 4.59. The van der Waals surface area contributed by atoms with Gasteiger partial charge in [0.15, 0.2) is 0 Å². The summed E-state index contributed by atoms with van der Waals surface area (Å²) in [7, 11) is -3.43. The molecule has 6 heteroatoms.